The Hall–Kier alpha value is -1.83. The van der Waals surface area contributed by atoms with Crippen LogP contribution in [0.2, 0.25) is 0 Å². The largest absolute Gasteiger partial charge is 0.378 e. The van der Waals surface area contributed by atoms with E-state index in [-0.39, 0.29) is 37.0 Å². The molecule has 3 rings (SSSR count). The van der Waals surface area contributed by atoms with Gasteiger partial charge >= 0.3 is 0 Å². The van der Waals surface area contributed by atoms with E-state index in [0.29, 0.717) is 32.5 Å². The minimum absolute atomic E-state index is 0.0402. The van der Waals surface area contributed by atoms with Crippen molar-refractivity contribution in [1.82, 2.24) is 10.6 Å². The van der Waals surface area contributed by atoms with E-state index in [4.69, 9.17) is 14.5 Å². The number of allylic oxidation sites excluding steroid dienone is 5. The third-order valence-electron chi connectivity index (χ3n) is 6.48. The zero-order chi connectivity index (χ0) is 23.1. The number of amidine groups is 1. The third kappa shape index (κ3) is 6.83. The molecule has 0 aromatic carbocycles. The van der Waals surface area contributed by atoms with Crippen molar-refractivity contribution in [1.29, 1.82) is 0 Å². The summed E-state index contributed by atoms with van der Waals surface area (Å²) in [7, 11) is 1.69. The lowest BCUT2D eigenvalue weighted by molar-refractivity contribution is -0.0767. The van der Waals surface area contributed by atoms with Crippen LogP contribution in [0.15, 0.2) is 53.2 Å². The molecule has 0 bridgehead atoms. The first kappa shape index (κ1) is 24.8. The third-order valence-corrected chi connectivity index (χ3v) is 6.48. The van der Waals surface area contributed by atoms with Gasteiger partial charge in [0, 0.05) is 52.3 Å². The van der Waals surface area contributed by atoms with Gasteiger partial charge in [-0.3, -0.25) is 4.99 Å². The van der Waals surface area contributed by atoms with E-state index >= 15 is 0 Å². The molecule has 2 fully saturated rings. The maximum absolute atomic E-state index is 13.4. The Morgan fingerprint density at radius 2 is 1.97 bits per heavy atom. The first-order valence-corrected chi connectivity index (χ1v) is 11.6. The number of aliphatic imine (C=N–C) groups is 1. The standard InChI is InChI=1S/C25H37F2N3O2/c1-5-19(12-17(2)3)20-6-7-23(29-13-20)30-24-21(31-4)14-28-15-22(24)32-16-18-8-10-25(26,27)11-9-18/h5,12-13,18,21-22,24,28H,1-2,6-11,14-16H2,3-4H3,(H,29,30)/b19-12+. The van der Waals surface area contributed by atoms with Gasteiger partial charge in [-0.25, -0.2) is 8.78 Å². The monoisotopic (exact) mass is 449 g/mol. The van der Waals surface area contributed by atoms with Crippen LogP contribution >= 0.6 is 0 Å². The highest BCUT2D eigenvalue weighted by Crippen LogP contribution is 2.36. The maximum Gasteiger partial charge on any atom is 0.248 e. The van der Waals surface area contributed by atoms with Gasteiger partial charge in [-0.2, -0.15) is 0 Å². The summed E-state index contributed by atoms with van der Waals surface area (Å²) in [5, 5.41) is 6.69. The average Bonchev–Trinajstić information content (AvgIpc) is 2.78. The fraction of sp³-hybridized carbons (Fsp3) is 0.640. The van der Waals surface area contributed by atoms with Gasteiger partial charge in [0.1, 0.15) is 11.9 Å². The Labute approximate surface area is 190 Å². The van der Waals surface area contributed by atoms with Gasteiger partial charge in [0.25, 0.3) is 0 Å². The first-order chi connectivity index (χ1) is 15.3. The molecule has 3 aliphatic rings. The zero-order valence-corrected chi connectivity index (χ0v) is 19.3. The van der Waals surface area contributed by atoms with E-state index in [1.807, 2.05) is 25.3 Å². The lowest BCUT2D eigenvalue weighted by atomic mass is 9.87. The number of nitrogens with one attached hydrogen (secondary N) is 2. The van der Waals surface area contributed by atoms with Crippen molar-refractivity contribution in [2.24, 2.45) is 10.9 Å². The molecule has 5 nitrogen and oxygen atoms in total. The molecule has 0 aromatic heterocycles. The van der Waals surface area contributed by atoms with Crippen molar-refractivity contribution in [3.63, 3.8) is 0 Å². The van der Waals surface area contributed by atoms with Gasteiger partial charge in [0.15, 0.2) is 0 Å². The summed E-state index contributed by atoms with van der Waals surface area (Å²) in [6.45, 7) is 11.7. The van der Waals surface area contributed by atoms with E-state index < -0.39 is 5.92 Å². The van der Waals surface area contributed by atoms with Gasteiger partial charge in [0.2, 0.25) is 5.92 Å². The highest BCUT2D eigenvalue weighted by atomic mass is 19.3. The van der Waals surface area contributed by atoms with Gasteiger partial charge in [-0.05, 0) is 43.3 Å². The fourth-order valence-electron chi connectivity index (χ4n) is 4.55. The van der Waals surface area contributed by atoms with Crippen molar-refractivity contribution in [3.8, 4) is 0 Å². The van der Waals surface area contributed by atoms with Gasteiger partial charge in [-0.15, -0.1) is 0 Å². The quantitative estimate of drug-likeness (QED) is 0.535. The van der Waals surface area contributed by atoms with Crippen molar-refractivity contribution in [3.05, 3.63) is 48.2 Å². The minimum atomic E-state index is -2.51. The van der Waals surface area contributed by atoms with Crippen LogP contribution in [0.4, 0.5) is 8.78 Å². The van der Waals surface area contributed by atoms with Crippen LogP contribution < -0.4 is 10.6 Å². The summed E-state index contributed by atoms with van der Waals surface area (Å²) < 4.78 is 38.8. The molecule has 178 valence electrons. The molecule has 1 aliphatic carbocycles. The molecular formula is C25H37F2N3O2. The first-order valence-electron chi connectivity index (χ1n) is 11.6. The number of hydrogen-bond acceptors (Lipinski definition) is 4. The number of rotatable bonds is 8. The minimum Gasteiger partial charge on any atom is -0.378 e. The predicted molar refractivity (Wildman–Crippen MR) is 125 cm³/mol. The molecule has 32 heavy (non-hydrogen) atoms. The van der Waals surface area contributed by atoms with Crippen LogP contribution in [-0.4, -0.2) is 56.8 Å². The van der Waals surface area contributed by atoms with Crippen molar-refractivity contribution >= 4 is 5.84 Å². The topological polar surface area (TPSA) is 54.9 Å². The van der Waals surface area contributed by atoms with E-state index in [1.165, 1.54) is 5.57 Å². The summed E-state index contributed by atoms with van der Waals surface area (Å²) in [6, 6.07) is -0.145. The van der Waals surface area contributed by atoms with Crippen molar-refractivity contribution < 1.29 is 18.3 Å². The number of methoxy groups -OCH3 is 1. The summed E-state index contributed by atoms with van der Waals surface area (Å²) in [5.74, 6) is -1.42. The lowest BCUT2D eigenvalue weighted by Crippen LogP contribution is -2.55. The molecule has 0 radical (unpaired) electrons. The number of nitrogens with zero attached hydrogens (tertiary/aromatic N) is 1. The van der Waals surface area contributed by atoms with Crippen LogP contribution in [-0.2, 0) is 9.47 Å². The molecule has 0 amide bonds. The van der Waals surface area contributed by atoms with E-state index in [9.17, 15) is 8.78 Å². The number of halogens is 2. The summed E-state index contributed by atoms with van der Waals surface area (Å²) in [5.41, 5.74) is 3.23. The number of piperidine rings is 1. The summed E-state index contributed by atoms with van der Waals surface area (Å²) in [4.78, 5) is 4.98. The Balaban J connectivity index is 1.64. The maximum atomic E-state index is 13.4. The molecule has 2 N–H and O–H groups in total. The van der Waals surface area contributed by atoms with Crippen LogP contribution in [0.1, 0.15) is 45.4 Å². The Morgan fingerprint density at radius 3 is 2.56 bits per heavy atom. The van der Waals surface area contributed by atoms with Crippen LogP contribution in [0.5, 0.6) is 0 Å². The normalized spacial score (nSPS) is 30.5. The molecule has 1 saturated heterocycles. The molecule has 3 atom stereocenters. The summed E-state index contributed by atoms with van der Waals surface area (Å²) in [6.07, 6.45) is 8.21. The van der Waals surface area contributed by atoms with E-state index in [2.05, 4.69) is 23.8 Å². The molecule has 1 saturated carbocycles. The molecular weight excluding hydrogens is 412 g/mol. The van der Waals surface area contributed by atoms with Crippen LogP contribution in [0.25, 0.3) is 0 Å². The number of alkyl halides is 2. The molecule has 7 heteroatoms. The second-order valence-corrected chi connectivity index (χ2v) is 9.13. The highest BCUT2D eigenvalue weighted by molar-refractivity contribution is 5.85. The second kappa shape index (κ2) is 11.3. The predicted octanol–water partition coefficient (Wildman–Crippen LogP) is 4.54. The van der Waals surface area contributed by atoms with Gasteiger partial charge < -0.3 is 20.1 Å². The molecule has 2 aliphatic heterocycles. The Morgan fingerprint density at radius 1 is 1.25 bits per heavy atom. The Kier molecular flexibility index (Phi) is 8.79. The molecule has 3 unspecified atom stereocenters. The van der Waals surface area contributed by atoms with E-state index in [0.717, 1.165) is 29.8 Å². The lowest BCUT2D eigenvalue weighted by Gasteiger charge is -2.37. The molecule has 0 aromatic rings. The smallest absolute Gasteiger partial charge is 0.248 e. The average molecular weight is 450 g/mol. The second-order valence-electron chi connectivity index (χ2n) is 9.13. The van der Waals surface area contributed by atoms with Crippen LogP contribution in [0.3, 0.4) is 0 Å². The molecule has 0 spiro atoms. The van der Waals surface area contributed by atoms with Crippen molar-refractivity contribution in [2.75, 3.05) is 26.8 Å². The fourth-order valence-corrected chi connectivity index (χ4v) is 4.55. The molecule has 2 heterocycles. The van der Waals surface area contributed by atoms with Gasteiger partial charge in [-0.1, -0.05) is 30.9 Å². The SMILES string of the molecule is C=C/C(=C\C(=C)C)C1=CNC(=NC2C(OC)CNCC2OCC2CCC(F)(F)CC2)CC1. The van der Waals surface area contributed by atoms with Crippen molar-refractivity contribution in [2.45, 2.75) is 69.6 Å². The van der Waals surface area contributed by atoms with E-state index in [1.54, 1.807) is 7.11 Å². The highest BCUT2D eigenvalue weighted by Gasteiger charge is 2.38. The number of ether oxygens (including phenoxy) is 2. The zero-order valence-electron chi connectivity index (χ0n) is 19.3. The number of hydrogen-bond donors (Lipinski definition) is 2. The Bertz CT molecular complexity index is 765. The summed E-state index contributed by atoms with van der Waals surface area (Å²) >= 11 is 0. The van der Waals surface area contributed by atoms with Crippen LogP contribution in [0, 0.1) is 5.92 Å². The van der Waals surface area contributed by atoms with Gasteiger partial charge in [0.05, 0.1) is 12.2 Å².